The molecule has 0 bridgehead atoms. The Morgan fingerprint density at radius 1 is 1.73 bits per heavy atom. The molecule has 64 valence electrons. The molecule has 0 spiro atoms. The van der Waals surface area contributed by atoms with Crippen LogP contribution in [0.2, 0.25) is 0 Å². The third kappa shape index (κ3) is 2.54. The molecule has 0 aromatic heterocycles. The van der Waals surface area contributed by atoms with E-state index in [1.54, 1.807) is 0 Å². The van der Waals surface area contributed by atoms with Crippen LogP contribution >= 0.6 is 0 Å². The van der Waals surface area contributed by atoms with Gasteiger partial charge >= 0.3 is 0 Å². The molecule has 1 heterocycles. The lowest BCUT2D eigenvalue weighted by atomic mass is 9.87. The van der Waals surface area contributed by atoms with Gasteiger partial charge in [-0.2, -0.15) is 0 Å². The molecule has 0 aliphatic carbocycles. The van der Waals surface area contributed by atoms with Crippen molar-refractivity contribution in [1.82, 2.24) is 0 Å². The fourth-order valence-electron chi connectivity index (χ4n) is 1.30. The Kier molecular flexibility index (Phi) is 2.94. The smallest absolute Gasteiger partial charge is 0.0879 e. The van der Waals surface area contributed by atoms with E-state index < -0.39 is 0 Å². The normalized spacial score (nSPS) is 30.3. The summed E-state index contributed by atoms with van der Waals surface area (Å²) in [5.41, 5.74) is 0.350. The van der Waals surface area contributed by atoms with E-state index in [0.29, 0.717) is 5.41 Å². The van der Waals surface area contributed by atoms with Crippen LogP contribution in [0.5, 0.6) is 0 Å². The molecule has 1 aliphatic rings. The third-order valence-electron chi connectivity index (χ3n) is 2.24. The first-order valence-corrected chi connectivity index (χ1v) is 4.07. The van der Waals surface area contributed by atoms with Crippen LogP contribution in [0.4, 0.5) is 0 Å². The summed E-state index contributed by atoms with van der Waals surface area (Å²) < 4.78 is 10.4. The maximum Gasteiger partial charge on any atom is 0.0879 e. The van der Waals surface area contributed by atoms with Crippen LogP contribution in [0.1, 0.15) is 19.8 Å². The molecular formula is C9H16O2. The average Bonchev–Trinajstić information content (AvgIpc) is 2.38. The molecule has 1 atom stereocenters. The molecule has 0 N–H and O–H groups in total. The van der Waals surface area contributed by atoms with E-state index in [9.17, 15) is 0 Å². The predicted molar refractivity (Wildman–Crippen MR) is 44.3 cm³/mol. The molecule has 0 aromatic rings. The topological polar surface area (TPSA) is 18.5 Å². The van der Waals surface area contributed by atoms with Crippen molar-refractivity contribution < 1.29 is 9.47 Å². The number of hydrogen-bond donors (Lipinski definition) is 0. The number of ether oxygens (including phenoxy) is 2. The highest BCUT2D eigenvalue weighted by Gasteiger charge is 2.29. The highest BCUT2D eigenvalue weighted by Crippen LogP contribution is 2.31. The van der Waals surface area contributed by atoms with Crippen molar-refractivity contribution in [2.75, 3.05) is 19.8 Å². The SMILES string of the molecule is C=COCCC1(C)CCOC1. The predicted octanol–water partition coefficient (Wildman–Crippen LogP) is 1.96. The molecule has 1 saturated heterocycles. The molecule has 2 nitrogen and oxygen atoms in total. The number of rotatable bonds is 4. The Morgan fingerprint density at radius 3 is 3.09 bits per heavy atom. The first-order chi connectivity index (χ1) is 5.27. The molecule has 1 unspecified atom stereocenters. The van der Waals surface area contributed by atoms with Gasteiger partial charge < -0.3 is 9.47 Å². The van der Waals surface area contributed by atoms with Gasteiger partial charge in [-0.25, -0.2) is 0 Å². The fraction of sp³-hybridized carbons (Fsp3) is 0.778. The maximum atomic E-state index is 5.31. The van der Waals surface area contributed by atoms with Crippen molar-refractivity contribution in [2.24, 2.45) is 5.41 Å². The fourth-order valence-corrected chi connectivity index (χ4v) is 1.30. The van der Waals surface area contributed by atoms with Crippen LogP contribution in [0.25, 0.3) is 0 Å². The summed E-state index contributed by atoms with van der Waals surface area (Å²) in [4.78, 5) is 0. The highest BCUT2D eigenvalue weighted by atomic mass is 16.5. The summed E-state index contributed by atoms with van der Waals surface area (Å²) in [5, 5.41) is 0. The highest BCUT2D eigenvalue weighted by molar-refractivity contribution is 4.78. The van der Waals surface area contributed by atoms with Crippen LogP contribution in [-0.4, -0.2) is 19.8 Å². The van der Waals surface area contributed by atoms with Crippen LogP contribution < -0.4 is 0 Å². The standard InChI is InChI=1S/C9H16O2/c1-3-10-6-4-9(2)5-7-11-8-9/h3H,1,4-8H2,2H3. The second kappa shape index (κ2) is 3.77. The lowest BCUT2D eigenvalue weighted by Crippen LogP contribution is -2.17. The minimum absolute atomic E-state index is 0.350. The van der Waals surface area contributed by atoms with Crippen molar-refractivity contribution in [3.8, 4) is 0 Å². The Morgan fingerprint density at radius 2 is 2.55 bits per heavy atom. The van der Waals surface area contributed by atoms with Gasteiger partial charge in [0, 0.05) is 6.61 Å². The lowest BCUT2D eigenvalue weighted by Gasteiger charge is -2.20. The summed E-state index contributed by atoms with van der Waals surface area (Å²) in [7, 11) is 0. The molecule has 0 aromatic carbocycles. The monoisotopic (exact) mass is 156 g/mol. The largest absolute Gasteiger partial charge is 0.502 e. The first kappa shape index (κ1) is 8.60. The van der Waals surface area contributed by atoms with Crippen LogP contribution in [0, 0.1) is 5.41 Å². The van der Waals surface area contributed by atoms with Gasteiger partial charge in [0.15, 0.2) is 0 Å². The Balaban J connectivity index is 2.17. The van der Waals surface area contributed by atoms with Crippen molar-refractivity contribution >= 4 is 0 Å². The zero-order valence-electron chi connectivity index (χ0n) is 7.14. The van der Waals surface area contributed by atoms with Gasteiger partial charge in [-0.15, -0.1) is 0 Å². The quantitative estimate of drug-likeness (QED) is 0.457. The third-order valence-corrected chi connectivity index (χ3v) is 2.24. The van der Waals surface area contributed by atoms with Gasteiger partial charge in [0.1, 0.15) is 0 Å². The van der Waals surface area contributed by atoms with Gasteiger partial charge in [-0.05, 0) is 18.3 Å². The molecule has 0 amide bonds. The molecule has 0 radical (unpaired) electrons. The summed E-state index contributed by atoms with van der Waals surface area (Å²) in [6.45, 7) is 8.29. The Bertz CT molecular complexity index is 126. The summed E-state index contributed by atoms with van der Waals surface area (Å²) in [6, 6.07) is 0. The van der Waals surface area contributed by atoms with Crippen molar-refractivity contribution in [1.29, 1.82) is 0 Å². The molecule has 1 fully saturated rings. The van der Waals surface area contributed by atoms with Crippen molar-refractivity contribution in [3.05, 3.63) is 12.8 Å². The van der Waals surface area contributed by atoms with Gasteiger partial charge in [0.05, 0.1) is 19.5 Å². The van der Waals surface area contributed by atoms with E-state index in [1.807, 2.05) is 0 Å². The molecule has 1 rings (SSSR count). The molecule has 2 heteroatoms. The molecular weight excluding hydrogens is 140 g/mol. The zero-order chi connectivity index (χ0) is 8.16. The van der Waals surface area contributed by atoms with E-state index in [2.05, 4.69) is 13.5 Å². The molecule has 1 aliphatic heterocycles. The summed E-state index contributed by atoms with van der Waals surface area (Å²) in [5.74, 6) is 0. The van der Waals surface area contributed by atoms with Crippen LogP contribution in [0.15, 0.2) is 12.8 Å². The Labute approximate surface area is 68.2 Å². The van der Waals surface area contributed by atoms with Gasteiger partial charge in [-0.3, -0.25) is 0 Å². The van der Waals surface area contributed by atoms with E-state index in [4.69, 9.17) is 9.47 Å². The second-order valence-electron chi connectivity index (χ2n) is 3.40. The van der Waals surface area contributed by atoms with Gasteiger partial charge in [-0.1, -0.05) is 13.5 Å². The zero-order valence-corrected chi connectivity index (χ0v) is 7.14. The van der Waals surface area contributed by atoms with Crippen LogP contribution in [0.3, 0.4) is 0 Å². The van der Waals surface area contributed by atoms with E-state index in [1.165, 1.54) is 6.26 Å². The van der Waals surface area contributed by atoms with Crippen LogP contribution in [-0.2, 0) is 9.47 Å². The van der Waals surface area contributed by atoms with E-state index in [0.717, 1.165) is 32.7 Å². The van der Waals surface area contributed by atoms with Gasteiger partial charge in [0.25, 0.3) is 0 Å². The molecule has 11 heavy (non-hydrogen) atoms. The minimum Gasteiger partial charge on any atom is -0.502 e. The Hall–Kier alpha value is -0.500. The molecule has 0 saturated carbocycles. The minimum atomic E-state index is 0.350. The maximum absolute atomic E-state index is 5.31. The van der Waals surface area contributed by atoms with Crippen molar-refractivity contribution in [3.63, 3.8) is 0 Å². The summed E-state index contributed by atoms with van der Waals surface area (Å²) >= 11 is 0. The van der Waals surface area contributed by atoms with Crippen molar-refractivity contribution in [2.45, 2.75) is 19.8 Å². The second-order valence-corrected chi connectivity index (χ2v) is 3.40. The van der Waals surface area contributed by atoms with E-state index >= 15 is 0 Å². The average molecular weight is 156 g/mol. The lowest BCUT2D eigenvalue weighted by molar-refractivity contribution is 0.131. The van der Waals surface area contributed by atoms with E-state index in [-0.39, 0.29) is 0 Å². The summed E-state index contributed by atoms with van der Waals surface area (Å²) in [6.07, 6.45) is 3.73. The first-order valence-electron chi connectivity index (χ1n) is 4.07. The number of hydrogen-bond acceptors (Lipinski definition) is 2. The van der Waals surface area contributed by atoms with Gasteiger partial charge in [0.2, 0.25) is 0 Å².